The standard InChI is InChI=1S/C86H88N2O7S4/c1-83(2,3)61-43-67-79(92-33-31-87-51-59-25-23-57-21-19-53-15-13-17-55-27-29-65(59)77(57)75(53)55)68(44-61)97-72-48-64(86(10,11)12)50-74-82(72)95-42-40-91-38-36-89-35-37-90-39-41-94-81-71(96-67)47-63(85(7,8)9)49-73(81)98-69-45-62(84(4,5)6)46-70(99-74)80(69)93-34-32-88-52-60-26-24-58-22-20-54-16-14-18-56-28-30-66(60)78(58)76(54)56/h13-30,43-52H,31-42H2,1-12H3. The van der Waals surface area contributed by atoms with E-state index in [-0.39, 0.29) is 21.7 Å². The molecule has 0 fully saturated rings. The summed E-state index contributed by atoms with van der Waals surface area (Å²) in [6, 6.07) is 58.5. The molecule has 9 nitrogen and oxygen atoms in total. The van der Waals surface area contributed by atoms with E-state index >= 15 is 0 Å². The molecular weight excluding hydrogens is 1300 g/mol. The van der Waals surface area contributed by atoms with E-state index in [1.807, 2.05) is 12.4 Å². The fraction of sp³-hybridized carbons (Fsp3) is 0.326. The van der Waals surface area contributed by atoms with Crippen LogP contribution in [-0.2, 0) is 35.9 Å². The highest BCUT2D eigenvalue weighted by Gasteiger charge is 2.31. The maximum absolute atomic E-state index is 7.35. The van der Waals surface area contributed by atoms with Crippen LogP contribution in [0.4, 0.5) is 0 Å². The molecule has 0 aliphatic carbocycles. The van der Waals surface area contributed by atoms with Crippen molar-refractivity contribution in [3.63, 3.8) is 0 Å². The molecule has 2 aliphatic rings. The third-order valence-electron chi connectivity index (χ3n) is 18.6. The SMILES string of the molecule is CC(C)(C)c1cc2c(OCCN=Cc3ccc4ccc5cccc6ccc3c4c56)c(c1)Sc1cc(C(C)(C)C)cc3c1OCCOCCOCCOCCOc1c(cc(C(C)(C)C)cc1Sc1cc(C(C)(C)C)cc(c1OCCN=Cc1ccc4ccc5cccc6ccc1c4c56)S3)S2. The molecule has 12 aromatic rings. The largest absolute Gasteiger partial charge is 0.489 e. The summed E-state index contributed by atoms with van der Waals surface area (Å²) in [6.07, 6.45) is 4.05. The Morgan fingerprint density at radius 1 is 0.333 bits per heavy atom. The van der Waals surface area contributed by atoms with Crippen molar-refractivity contribution < 1.29 is 33.2 Å². The lowest BCUT2D eigenvalue weighted by Crippen LogP contribution is -2.16. The topological polar surface area (TPSA) is 89.3 Å². The van der Waals surface area contributed by atoms with Gasteiger partial charge in [0.05, 0.1) is 91.9 Å². The van der Waals surface area contributed by atoms with Gasteiger partial charge in [-0.3, -0.25) is 9.98 Å². The van der Waals surface area contributed by atoms with Gasteiger partial charge in [-0.25, -0.2) is 0 Å². The first-order valence-corrected chi connectivity index (χ1v) is 37.9. The van der Waals surface area contributed by atoms with Gasteiger partial charge in [0.25, 0.3) is 0 Å². The van der Waals surface area contributed by atoms with Crippen LogP contribution in [0.3, 0.4) is 0 Å². The molecule has 0 radical (unpaired) electrons. The summed E-state index contributed by atoms with van der Waals surface area (Å²) in [5.74, 6) is 3.07. The highest BCUT2D eigenvalue weighted by Crippen LogP contribution is 2.57. The zero-order chi connectivity index (χ0) is 68.8. The second kappa shape index (κ2) is 28.5. The van der Waals surface area contributed by atoms with Crippen molar-refractivity contribution in [2.45, 2.75) is 144 Å². The van der Waals surface area contributed by atoms with Crippen LogP contribution in [-0.4, -0.2) is 91.6 Å². The van der Waals surface area contributed by atoms with Crippen LogP contribution in [0.5, 0.6) is 23.0 Å². The normalized spacial score (nSPS) is 15.1. The minimum absolute atomic E-state index is 0.252. The highest BCUT2D eigenvalue weighted by molar-refractivity contribution is 8.01. The van der Waals surface area contributed by atoms with Gasteiger partial charge < -0.3 is 33.2 Å². The van der Waals surface area contributed by atoms with E-state index in [1.165, 1.54) is 86.9 Å². The predicted octanol–water partition coefficient (Wildman–Crippen LogP) is 22.4. The summed E-state index contributed by atoms with van der Waals surface area (Å²) in [7, 11) is 0. The van der Waals surface area contributed by atoms with Gasteiger partial charge >= 0.3 is 0 Å². The minimum atomic E-state index is -0.259. The Morgan fingerprint density at radius 3 is 0.919 bits per heavy atom. The summed E-state index contributed by atoms with van der Waals surface area (Å²) in [5, 5.41) is 14.9. The smallest absolute Gasteiger partial charge is 0.147 e. The number of hydrogen-bond donors (Lipinski definition) is 0. The van der Waals surface area contributed by atoms with Crippen molar-refractivity contribution in [2.75, 3.05) is 79.2 Å². The number of fused-ring (bicyclic) bond motifs is 2. The van der Waals surface area contributed by atoms with Crippen molar-refractivity contribution in [2.24, 2.45) is 9.98 Å². The van der Waals surface area contributed by atoms with E-state index < -0.39 is 0 Å². The van der Waals surface area contributed by atoms with Crippen LogP contribution in [0, 0.1) is 0 Å². The Bertz CT molecular complexity index is 4590. The van der Waals surface area contributed by atoms with E-state index in [0.717, 1.165) is 73.3 Å². The molecule has 14 rings (SSSR count). The van der Waals surface area contributed by atoms with E-state index in [0.29, 0.717) is 79.2 Å². The van der Waals surface area contributed by atoms with Gasteiger partial charge in [0.1, 0.15) is 49.4 Å². The predicted molar refractivity (Wildman–Crippen MR) is 417 cm³/mol. The summed E-state index contributed by atoms with van der Waals surface area (Å²) in [5.41, 5.74) is 5.82. The molecule has 2 heterocycles. The summed E-state index contributed by atoms with van der Waals surface area (Å²) in [4.78, 5) is 18.0. The average molecular weight is 1390 g/mol. The van der Waals surface area contributed by atoms with Crippen LogP contribution in [0.15, 0.2) is 207 Å². The molecule has 99 heavy (non-hydrogen) atoms. The number of aliphatic imine (C=N–C) groups is 2. The first kappa shape index (κ1) is 68.7. The van der Waals surface area contributed by atoms with Gasteiger partial charge in [0.15, 0.2) is 0 Å². The van der Waals surface area contributed by atoms with Gasteiger partial charge in [-0.2, -0.15) is 0 Å². The maximum atomic E-state index is 7.35. The van der Waals surface area contributed by atoms with Crippen LogP contribution in [0.25, 0.3) is 64.6 Å². The number of ether oxygens (including phenoxy) is 7. The fourth-order valence-corrected chi connectivity index (χ4v) is 17.9. The van der Waals surface area contributed by atoms with Gasteiger partial charge in [0.2, 0.25) is 0 Å². The minimum Gasteiger partial charge on any atom is -0.489 e. The lowest BCUT2D eigenvalue weighted by atomic mass is 9.87. The molecule has 0 saturated carbocycles. The molecule has 0 amide bonds. The maximum Gasteiger partial charge on any atom is 0.147 e. The Morgan fingerprint density at radius 2 is 0.606 bits per heavy atom. The number of rotatable bonds is 10. The zero-order valence-electron chi connectivity index (χ0n) is 59.0. The Labute approximate surface area is 600 Å². The van der Waals surface area contributed by atoms with Gasteiger partial charge in [-0.15, -0.1) is 0 Å². The highest BCUT2D eigenvalue weighted by atomic mass is 32.2. The molecule has 508 valence electrons. The molecular formula is C86H88N2O7S4. The summed E-state index contributed by atoms with van der Waals surface area (Å²) < 4.78 is 47.7. The molecule has 0 unspecified atom stereocenters. The van der Waals surface area contributed by atoms with Crippen molar-refractivity contribution in [1.29, 1.82) is 0 Å². The average Bonchev–Trinajstić information content (AvgIpc) is 0.753. The monoisotopic (exact) mass is 1390 g/mol. The van der Waals surface area contributed by atoms with E-state index in [4.69, 9.17) is 43.1 Å². The molecule has 10 bridgehead atoms. The molecule has 0 saturated heterocycles. The first-order valence-electron chi connectivity index (χ1n) is 34.6. The number of benzene rings is 12. The molecule has 0 aromatic heterocycles. The molecule has 13 heteroatoms. The molecule has 0 N–H and O–H groups in total. The van der Waals surface area contributed by atoms with Crippen LogP contribution in [0.1, 0.15) is 116 Å². The summed E-state index contributed by atoms with van der Waals surface area (Å²) >= 11 is 6.78. The van der Waals surface area contributed by atoms with Crippen LogP contribution in [0.2, 0.25) is 0 Å². The lowest BCUT2D eigenvalue weighted by Gasteiger charge is -2.28. The van der Waals surface area contributed by atoms with Crippen LogP contribution < -0.4 is 18.9 Å². The van der Waals surface area contributed by atoms with Crippen molar-refractivity contribution >= 4 is 124 Å². The first-order chi connectivity index (χ1) is 47.6. The van der Waals surface area contributed by atoms with Gasteiger partial charge in [-0.1, -0.05) is 239 Å². The Balaban J connectivity index is 0.920. The van der Waals surface area contributed by atoms with Gasteiger partial charge in [-0.05, 0) is 157 Å². The third kappa shape index (κ3) is 14.9. The van der Waals surface area contributed by atoms with Crippen molar-refractivity contribution in [3.05, 3.63) is 191 Å². The van der Waals surface area contributed by atoms with Crippen molar-refractivity contribution in [3.8, 4) is 23.0 Å². The molecule has 0 atom stereocenters. The fourth-order valence-electron chi connectivity index (χ4n) is 13.1. The number of hydrogen-bond acceptors (Lipinski definition) is 13. The third-order valence-corrected chi connectivity index (χ3v) is 22.8. The van der Waals surface area contributed by atoms with Crippen LogP contribution >= 0.6 is 47.0 Å². The summed E-state index contributed by atoms with van der Waals surface area (Å²) in [6.45, 7) is 32.0. The zero-order valence-corrected chi connectivity index (χ0v) is 62.3. The molecule has 0 spiro atoms. The second-order valence-electron chi connectivity index (χ2n) is 29.9. The van der Waals surface area contributed by atoms with Gasteiger partial charge in [0, 0.05) is 23.6 Å². The molecule has 12 aromatic carbocycles. The van der Waals surface area contributed by atoms with E-state index in [9.17, 15) is 0 Å². The van der Waals surface area contributed by atoms with E-state index in [1.54, 1.807) is 47.0 Å². The lowest BCUT2D eigenvalue weighted by molar-refractivity contribution is 0.00450. The Kier molecular flexibility index (Phi) is 19.8. The second-order valence-corrected chi connectivity index (χ2v) is 34.3. The Hall–Kier alpha value is -7.46. The molecule has 2 aliphatic heterocycles. The van der Waals surface area contributed by atoms with E-state index in [2.05, 4.69) is 241 Å². The quantitative estimate of drug-likeness (QED) is 0.0745. The number of nitrogens with zero attached hydrogens (tertiary/aromatic N) is 2. The van der Waals surface area contributed by atoms with Crippen molar-refractivity contribution in [1.82, 2.24) is 0 Å².